The van der Waals surface area contributed by atoms with Crippen LogP contribution in [0.4, 0.5) is 0 Å². The van der Waals surface area contributed by atoms with Gasteiger partial charge in [-0.3, -0.25) is 0 Å². The molecule has 3 aromatic heterocycles. The van der Waals surface area contributed by atoms with Crippen molar-refractivity contribution >= 4 is 5.97 Å². The number of piperidine rings is 1. The molecular formula is C18H24N7O3+. The predicted octanol–water partition coefficient (Wildman–Crippen LogP) is 0.433. The number of aromatic nitrogens is 6. The van der Waals surface area contributed by atoms with Crippen molar-refractivity contribution in [1.82, 2.24) is 29.9 Å². The van der Waals surface area contributed by atoms with E-state index in [1.807, 2.05) is 24.5 Å². The number of quaternary nitrogens is 1. The molecule has 0 aromatic carbocycles. The molecule has 0 spiro atoms. The molecule has 0 aliphatic carbocycles. The number of ether oxygens (including phenoxy) is 1. The van der Waals surface area contributed by atoms with E-state index in [0.29, 0.717) is 23.9 Å². The topological polar surface area (TPSA) is 105 Å². The second-order valence-corrected chi connectivity index (χ2v) is 7.13. The highest BCUT2D eigenvalue weighted by Gasteiger charge is 2.30. The molecule has 0 unspecified atom stereocenters. The lowest BCUT2D eigenvalue weighted by molar-refractivity contribution is -0.920. The van der Waals surface area contributed by atoms with Crippen LogP contribution in [-0.2, 0) is 11.3 Å². The van der Waals surface area contributed by atoms with E-state index in [-0.39, 0.29) is 12.3 Å². The lowest BCUT2D eigenvalue weighted by atomic mass is 9.99. The summed E-state index contributed by atoms with van der Waals surface area (Å²) in [7, 11) is 0. The summed E-state index contributed by atoms with van der Waals surface area (Å²) in [6.07, 6.45) is 5.99. The van der Waals surface area contributed by atoms with Crippen molar-refractivity contribution in [3.8, 4) is 11.6 Å². The maximum atomic E-state index is 12.4. The van der Waals surface area contributed by atoms with Gasteiger partial charge in [-0.2, -0.15) is 4.68 Å². The number of hydrogen-bond donors (Lipinski definition) is 1. The molecule has 0 atom stereocenters. The van der Waals surface area contributed by atoms with Gasteiger partial charge in [-0.15, -0.1) is 5.10 Å². The monoisotopic (exact) mass is 386 g/mol. The number of rotatable bonds is 6. The van der Waals surface area contributed by atoms with Gasteiger partial charge in [0.15, 0.2) is 5.69 Å². The summed E-state index contributed by atoms with van der Waals surface area (Å²) in [5.74, 6) is 1.12. The number of likely N-dealkylation sites (tertiary alicyclic amines) is 1. The molecule has 4 rings (SSSR count). The quantitative estimate of drug-likeness (QED) is 0.613. The van der Waals surface area contributed by atoms with Crippen LogP contribution in [0.1, 0.15) is 42.9 Å². The summed E-state index contributed by atoms with van der Waals surface area (Å²) in [5, 5.41) is 16.3. The van der Waals surface area contributed by atoms with Gasteiger partial charge in [0.05, 0.1) is 19.7 Å². The molecular weight excluding hydrogens is 362 g/mol. The molecule has 1 aliphatic heterocycles. The van der Waals surface area contributed by atoms with E-state index in [0.717, 1.165) is 31.8 Å². The van der Waals surface area contributed by atoms with Crippen LogP contribution in [0.5, 0.6) is 0 Å². The van der Waals surface area contributed by atoms with Crippen molar-refractivity contribution in [2.45, 2.75) is 33.2 Å². The Morgan fingerprint density at radius 3 is 2.68 bits per heavy atom. The average molecular weight is 386 g/mol. The molecule has 0 amide bonds. The molecule has 0 saturated carbocycles. The zero-order valence-electron chi connectivity index (χ0n) is 16.0. The molecule has 1 aliphatic rings. The molecule has 10 nitrogen and oxygen atoms in total. The van der Waals surface area contributed by atoms with Crippen LogP contribution in [0.3, 0.4) is 0 Å². The van der Waals surface area contributed by atoms with Crippen LogP contribution in [0.2, 0.25) is 0 Å². The maximum absolute atomic E-state index is 12.4. The van der Waals surface area contributed by atoms with E-state index in [4.69, 9.17) is 9.37 Å². The minimum Gasteiger partial charge on any atom is -0.461 e. The summed E-state index contributed by atoms with van der Waals surface area (Å²) >= 11 is 0. The van der Waals surface area contributed by atoms with Crippen LogP contribution >= 0.6 is 0 Å². The molecule has 3 aromatic rings. The first-order valence-electron chi connectivity index (χ1n) is 9.59. The lowest BCUT2D eigenvalue weighted by Gasteiger charge is -2.27. The number of hydrogen-bond acceptors (Lipinski definition) is 7. The van der Waals surface area contributed by atoms with Gasteiger partial charge in [0.25, 0.3) is 0 Å². The Labute approximate surface area is 162 Å². The second-order valence-electron chi connectivity index (χ2n) is 7.13. The first-order valence-corrected chi connectivity index (χ1v) is 9.59. The summed E-state index contributed by atoms with van der Waals surface area (Å²) in [6.45, 7) is 7.00. The molecule has 1 N–H and O–H groups in total. The van der Waals surface area contributed by atoms with E-state index in [1.165, 1.54) is 4.90 Å². The minimum absolute atomic E-state index is 0.217. The Balaban J connectivity index is 1.71. The molecule has 4 heterocycles. The Hall–Kier alpha value is -3.01. The molecule has 148 valence electrons. The van der Waals surface area contributed by atoms with Crippen LogP contribution in [0.15, 0.2) is 29.2 Å². The number of nitrogens with one attached hydrogen (secondary N) is 1. The minimum atomic E-state index is -0.479. The van der Waals surface area contributed by atoms with Gasteiger partial charge in [-0.1, -0.05) is 12.1 Å². The molecule has 0 radical (unpaired) electrons. The van der Waals surface area contributed by atoms with Crippen molar-refractivity contribution in [1.29, 1.82) is 0 Å². The largest absolute Gasteiger partial charge is 0.461 e. The van der Waals surface area contributed by atoms with Gasteiger partial charge in [0, 0.05) is 12.4 Å². The predicted molar refractivity (Wildman–Crippen MR) is 97.3 cm³/mol. The van der Waals surface area contributed by atoms with E-state index in [9.17, 15) is 4.79 Å². The highest BCUT2D eigenvalue weighted by molar-refractivity contribution is 5.88. The van der Waals surface area contributed by atoms with Gasteiger partial charge < -0.3 is 14.2 Å². The SMILES string of the molecule is CCOC(=O)c1nnn(-c2nonc2-n2cccc2)c1C[NH+]1CCC(C)CC1. The standard InChI is InChI=1S/C18H23N7O3/c1-3-27-18(26)15-14(12-23-10-6-13(2)7-11-23)25(22-19-15)17-16(20-28-21-17)24-8-4-5-9-24/h4-5,8-9,13H,3,6-7,10-12H2,1-2H3/p+1. The lowest BCUT2D eigenvalue weighted by Crippen LogP contribution is -3.11. The van der Waals surface area contributed by atoms with Gasteiger partial charge in [-0.05, 0) is 48.1 Å². The highest BCUT2D eigenvalue weighted by atomic mass is 16.6. The summed E-state index contributed by atoms with van der Waals surface area (Å²) in [4.78, 5) is 13.8. The second kappa shape index (κ2) is 7.93. The first kappa shape index (κ1) is 18.4. The van der Waals surface area contributed by atoms with Gasteiger partial charge in [0.1, 0.15) is 12.2 Å². The van der Waals surface area contributed by atoms with Crippen molar-refractivity contribution in [3.63, 3.8) is 0 Å². The van der Waals surface area contributed by atoms with Crippen molar-refractivity contribution in [2.75, 3.05) is 19.7 Å². The highest BCUT2D eigenvalue weighted by Crippen LogP contribution is 2.18. The summed E-state index contributed by atoms with van der Waals surface area (Å²) < 4.78 is 13.5. The van der Waals surface area contributed by atoms with Crippen LogP contribution in [-0.4, -0.2) is 55.5 Å². The number of nitrogens with zero attached hydrogens (tertiary/aromatic N) is 6. The fourth-order valence-corrected chi connectivity index (χ4v) is 3.52. The third kappa shape index (κ3) is 3.55. The fourth-order valence-electron chi connectivity index (χ4n) is 3.52. The third-order valence-electron chi connectivity index (χ3n) is 5.14. The molecule has 1 saturated heterocycles. The van der Waals surface area contributed by atoms with E-state index >= 15 is 0 Å². The average Bonchev–Trinajstić information content (AvgIpc) is 3.43. The third-order valence-corrected chi connectivity index (χ3v) is 5.14. The van der Waals surface area contributed by atoms with Crippen LogP contribution in [0, 0.1) is 5.92 Å². The van der Waals surface area contributed by atoms with Crippen LogP contribution in [0.25, 0.3) is 11.6 Å². The summed E-state index contributed by atoms with van der Waals surface area (Å²) in [6, 6.07) is 3.76. The zero-order valence-corrected chi connectivity index (χ0v) is 16.0. The smallest absolute Gasteiger partial charge is 0.361 e. The first-order chi connectivity index (χ1) is 13.7. The maximum Gasteiger partial charge on any atom is 0.361 e. The Bertz CT molecular complexity index is 923. The number of carbonyl (C=O) groups is 1. The van der Waals surface area contributed by atoms with Gasteiger partial charge >= 0.3 is 5.97 Å². The Kier molecular flexibility index (Phi) is 5.20. The van der Waals surface area contributed by atoms with E-state index < -0.39 is 5.97 Å². The van der Waals surface area contributed by atoms with Gasteiger partial charge in [-0.25, -0.2) is 9.42 Å². The van der Waals surface area contributed by atoms with E-state index in [2.05, 4.69) is 27.5 Å². The molecule has 1 fully saturated rings. The van der Waals surface area contributed by atoms with Crippen molar-refractivity contribution in [2.24, 2.45) is 5.92 Å². The van der Waals surface area contributed by atoms with Gasteiger partial charge in [0.2, 0.25) is 11.6 Å². The summed E-state index contributed by atoms with van der Waals surface area (Å²) in [5.41, 5.74) is 0.876. The van der Waals surface area contributed by atoms with Crippen LogP contribution < -0.4 is 4.90 Å². The zero-order chi connectivity index (χ0) is 19.5. The fraction of sp³-hybridized carbons (Fsp3) is 0.500. The molecule has 28 heavy (non-hydrogen) atoms. The normalized spacial score (nSPS) is 19.6. The number of carbonyl (C=O) groups excluding carboxylic acids is 1. The van der Waals surface area contributed by atoms with Crippen molar-refractivity contribution in [3.05, 3.63) is 35.9 Å². The Morgan fingerprint density at radius 2 is 1.96 bits per heavy atom. The van der Waals surface area contributed by atoms with E-state index in [1.54, 1.807) is 16.2 Å². The molecule has 0 bridgehead atoms. The number of esters is 1. The Morgan fingerprint density at radius 1 is 1.25 bits per heavy atom. The molecule has 10 heteroatoms. The van der Waals surface area contributed by atoms with Crippen molar-refractivity contribution < 1.29 is 19.1 Å².